The number of hydrogen-bond acceptors (Lipinski definition) is 0. The van der Waals surface area contributed by atoms with E-state index in [1.165, 1.54) is 0 Å². The first-order valence-electron chi connectivity index (χ1n) is 3.40. The van der Waals surface area contributed by atoms with Crippen molar-refractivity contribution in [1.82, 2.24) is 0 Å². The minimum Gasteiger partial charge on any atom is -0.212 e. The van der Waals surface area contributed by atoms with E-state index in [0.29, 0.717) is 0 Å². The Bertz CT molecular complexity index is 218. The van der Waals surface area contributed by atoms with Crippen LogP contribution in [-0.4, -0.2) is 11.8 Å². The molecule has 1 unspecified atom stereocenters. The van der Waals surface area contributed by atoms with Gasteiger partial charge in [0.15, 0.2) is 0 Å². The molecule has 0 bridgehead atoms. The highest BCUT2D eigenvalue weighted by Gasteiger charge is 2.60. The number of rotatable bonds is 0. The summed E-state index contributed by atoms with van der Waals surface area (Å²) in [6.45, 7) is 0.903. The largest absolute Gasteiger partial charge is 0.331 e. The van der Waals surface area contributed by atoms with E-state index in [-0.39, 0.29) is 6.08 Å². The van der Waals surface area contributed by atoms with Crippen molar-refractivity contribution in [3.8, 4) is 0 Å². The lowest BCUT2D eigenvalue weighted by Gasteiger charge is -2.32. The summed E-state index contributed by atoms with van der Waals surface area (Å²) in [5.74, 6) is -11.3. The second kappa shape index (κ2) is 2.44. The van der Waals surface area contributed by atoms with Crippen LogP contribution >= 0.6 is 0 Å². The summed E-state index contributed by atoms with van der Waals surface area (Å²) in [5, 5.41) is 0. The Hall–Kier alpha value is -0.610. The summed E-state index contributed by atoms with van der Waals surface area (Å²) in [5.41, 5.74) is 0. The highest BCUT2D eigenvalue weighted by molar-refractivity contribution is 5.14. The lowest BCUT2D eigenvalue weighted by Crippen LogP contribution is -2.46. The van der Waals surface area contributed by atoms with Gasteiger partial charge in [-0.3, -0.25) is 0 Å². The fourth-order valence-corrected chi connectivity index (χ4v) is 1.10. The molecule has 0 N–H and O–H groups in total. The van der Waals surface area contributed by atoms with Gasteiger partial charge in [0, 0.05) is 18.4 Å². The van der Waals surface area contributed by atoms with Gasteiger partial charge in [0.25, 0.3) is 0 Å². The zero-order valence-corrected chi connectivity index (χ0v) is 6.25. The Morgan fingerprint density at radius 2 is 1.83 bits per heavy atom. The van der Waals surface area contributed by atoms with E-state index in [4.69, 9.17) is 0 Å². The Labute approximate surface area is 66.1 Å². The van der Waals surface area contributed by atoms with Crippen molar-refractivity contribution >= 4 is 0 Å². The molecule has 12 heavy (non-hydrogen) atoms. The van der Waals surface area contributed by atoms with Crippen molar-refractivity contribution in [3.63, 3.8) is 0 Å². The molecule has 0 aliphatic heterocycles. The van der Waals surface area contributed by atoms with Gasteiger partial charge in [0.05, 0.1) is 0 Å². The van der Waals surface area contributed by atoms with Gasteiger partial charge in [-0.2, -0.15) is 17.6 Å². The van der Waals surface area contributed by atoms with Gasteiger partial charge in [0.2, 0.25) is 0 Å². The molecule has 0 heterocycles. The zero-order chi connectivity index (χ0) is 9.57. The summed E-state index contributed by atoms with van der Waals surface area (Å²) >= 11 is 0. The topological polar surface area (TPSA) is 0 Å². The molecule has 1 aliphatic rings. The Morgan fingerprint density at radius 3 is 2.25 bits per heavy atom. The minimum atomic E-state index is -4.35. The van der Waals surface area contributed by atoms with Crippen LogP contribution < -0.4 is 0 Å². The number of halogens is 5. The summed E-state index contributed by atoms with van der Waals surface area (Å²) < 4.78 is 62.3. The molecule has 0 aromatic heterocycles. The molecule has 0 aromatic rings. The van der Waals surface area contributed by atoms with Gasteiger partial charge in [-0.25, -0.2) is 4.39 Å². The number of alkyl halides is 4. The van der Waals surface area contributed by atoms with Crippen LogP contribution in [0.5, 0.6) is 0 Å². The maximum Gasteiger partial charge on any atom is 0.331 e. The third-order valence-corrected chi connectivity index (χ3v) is 1.90. The van der Waals surface area contributed by atoms with Crippen LogP contribution in [0, 0.1) is 5.92 Å². The highest BCUT2D eigenvalue weighted by Crippen LogP contribution is 2.47. The third-order valence-electron chi connectivity index (χ3n) is 1.90. The standard InChI is InChI=1S/C7H7F5/c1-4-2-5(8)3-6(9,10)7(4,11)12/h3-4H,2H2,1H3. The highest BCUT2D eigenvalue weighted by atomic mass is 19.3. The first-order chi connectivity index (χ1) is 5.27. The zero-order valence-electron chi connectivity index (χ0n) is 6.25. The van der Waals surface area contributed by atoms with Crippen LogP contribution in [0.15, 0.2) is 11.9 Å². The molecule has 0 saturated carbocycles. The molecule has 0 amide bonds. The van der Waals surface area contributed by atoms with Gasteiger partial charge in [-0.1, -0.05) is 6.92 Å². The van der Waals surface area contributed by atoms with Crippen molar-refractivity contribution < 1.29 is 22.0 Å². The Balaban J connectivity index is 3.06. The van der Waals surface area contributed by atoms with Crippen LogP contribution in [0.2, 0.25) is 0 Å². The number of allylic oxidation sites excluding steroid dienone is 2. The van der Waals surface area contributed by atoms with Crippen LogP contribution in [0.4, 0.5) is 22.0 Å². The molecule has 0 spiro atoms. The molecule has 1 aliphatic carbocycles. The molecule has 70 valence electrons. The van der Waals surface area contributed by atoms with Gasteiger partial charge >= 0.3 is 11.8 Å². The first kappa shape index (κ1) is 9.48. The maximum atomic E-state index is 12.6. The second-order valence-corrected chi connectivity index (χ2v) is 2.94. The van der Waals surface area contributed by atoms with E-state index in [1.807, 2.05) is 0 Å². The average Bonchev–Trinajstić information content (AvgIpc) is 1.82. The Kier molecular flexibility index (Phi) is 1.92. The van der Waals surface area contributed by atoms with E-state index in [9.17, 15) is 22.0 Å². The normalized spacial score (nSPS) is 32.8. The van der Waals surface area contributed by atoms with Crippen LogP contribution in [0.3, 0.4) is 0 Å². The predicted octanol–water partition coefficient (Wildman–Crippen LogP) is 3.15. The molecule has 0 saturated heterocycles. The molecule has 0 radical (unpaired) electrons. The maximum absolute atomic E-state index is 12.6. The van der Waals surface area contributed by atoms with Gasteiger partial charge in [-0.15, -0.1) is 0 Å². The monoisotopic (exact) mass is 186 g/mol. The van der Waals surface area contributed by atoms with E-state index in [2.05, 4.69) is 0 Å². The summed E-state index contributed by atoms with van der Waals surface area (Å²) in [7, 11) is 0. The minimum absolute atomic E-state index is 0.299. The van der Waals surface area contributed by atoms with Crippen LogP contribution in [-0.2, 0) is 0 Å². The van der Waals surface area contributed by atoms with Gasteiger partial charge in [-0.05, 0) is 0 Å². The van der Waals surface area contributed by atoms with Gasteiger partial charge in [0.1, 0.15) is 5.83 Å². The molecule has 5 heteroatoms. The summed E-state index contributed by atoms with van der Waals surface area (Å²) in [6, 6.07) is 0. The fraction of sp³-hybridized carbons (Fsp3) is 0.714. The first-order valence-corrected chi connectivity index (χ1v) is 3.40. The van der Waals surface area contributed by atoms with E-state index in [1.54, 1.807) is 0 Å². The van der Waals surface area contributed by atoms with E-state index in [0.717, 1.165) is 6.92 Å². The van der Waals surface area contributed by atoms with Crippen molar-refractivity contribution in [2.75, 3.05) is 0 Å². The van der Waals surface area contributed by atoms with Crippen molar-refractivity contribution in [3.05, 3.63) is 11.9 Å². The Morgan fingerprint density at radius 1 is 1.33 bits per heavy atom. The quantitative estimate of drug-likeness (QED) is 0.510. The number of hydrogen-bond donors (Lipinski definition) is 0. The van der Waals surface area contributed by atoms with E-state index >= 15 is 0 Å². The second-order valence-electron chi connectivity index (χ2n) is 2.94. The molecular formula is C7H7F5. The molecule has 1 rings (SSSR count). The molecule has 1 atom stereocenters. The molecular weight excluding hydrogens is 179 g/mol. The van der Waals surface area contributed by atoms with E-state index < -0.39 is 30.0 Å². The molecule has 0 fully saturated rings. The van der Waals surface area contributed by atoms with Crippen LogP contribution in [0.1, 0.15) is 13.3 Å². The lowest BCUT2D eigenvalue weighted by molar-refractivity contribution is -0.214. The molecule has 0 aromatic carbocycles. The summed E-state index contributed by atoms with van der Waals surface area (Å²) in [4.78, 5) is 0. The average molecular weight is 186 g/mol. The summed E-state index contributed by atoms with van der Waals surface area (Å²) in [6.07, 6.45) is -0.921. The molecule has 0 nitrogen and oxygen atoms in total. The van der Waals surface area contributed by atoms with Crippen molar-refractivity contribution in [2.24, 2.45) is 5.92 Å². The lowest BCUT2D eigenvalue weighted by atomic mass is 9.88. The van der Waals surface area contributed by atoms with Gasteiger partial charge < -0.3 is 0 Å². The van der Waals surface area contributed by atoms with Crippen LogP contribution in [0.25, 0.3) is 0 Å². The van der Waals surface area contributed by atoms with Crippen molar-refractivity contribution in [2.45, 2.75) is 25.2 Å². The third kappa shape index (κ3) is 1.21. The van der Waals surface area contributed by atoms with Crippen molar-refractivity contribution in [1.29, 1.82) is 0 Å². The predicted molar refractivity (Wildman–Crippen MR) is 32.9 cm³/mol. The SMILES string of the molecule is CC1CC(F)=CC(F)(F)C1(F)F. The smallest absolute Gasteiger partial charge is 0.212 e. The fourth-order valence-electron chi connectivity index (χ4n) is 1.10.